The highest BCUT2D eigenvalue weighted by molar-refractivity contribution is 5.78. The van der Waals surface area contributed by atoms with Gasteiger partial charge in [-0.15, -0.1) is 5.10 Å². The molecule has 2 N–H and O–H groups in total. The standard InChI is InChI=1S/C17H19N5O2/c23-17-13(7-12-3-1-2-4-16(12)19-17)9-22-10-15(20-21-22)8-18-14-5-6-24-11-14/h1-4,7,10,14,18H,5-6,8-9,11H2,(H,19,23). The van der Waals surface area contributed by atoms with E-state index in [1.165, 1.54) is 0 Å². The van der Waals surface area contributed by atoms with Gasteiger partial charge in [0.05, 0.1) is 25.0 Å². The first-order chi connectivity index (χ1) is 11.8. The molecular weight excluding hydrogens is 306 g/mol. The molecule has 0 aliphatic carbocycles. The molecule has 1 aliphatic rings. The number of aromatic amines is 1. The number of rotatable bonds is 5. The highest BCUT2D eigenvalue weighted by atomic mass is 16.5. The van der Waals surface area contributed by atoms with Crippen molar-refractivity contribution in [2.45, 2.75) is 25.6 Å². The fraction of sp³-hybridized carbons (Fsp3) is 0.353. The van der Waals surface area contributed by atoms with Gasteiger partial charge in [-0.05, 0) is 23.9 Å². The van der Waals surface area contributed by atoms with Crippen molar-refractivity contribution in [3.8, 4) is 0 Å². The van der Waals surface area contributed by atoms with Crippen molar-refractivity contribution in [3.05, 3.63) is 58.1 Å². The summed E-state index contributed by atoms with van der Waals surface area (Å²) >= 11 is 0. The van der Waals surface area contributed by atoms with E-state index in [2.05, 4.69) is 20.6 Å². The maximum Gasteiger partial charge on any atom is 0.253 e. The Morgan fingerprint density at radius 2 is 2.29 bits per heavy atom. The van der Waals surface area contributed by atoms with E-state index in [1.807, 2.05) is 36.5 Å². The Balaban J connectivity index is 1.47. The molecule has 1 aliphatic heterocycles. The third kappa shape index (κ3) is 3.22. The molecule has 24 heavy (non-hydrogen) atoms. The lowest BCUT2D eigenvalue weighted by atomic mass is 10.1. The molecule has 0 spiro atoms. The lowest BCUT2D eigenvalue weighted by Gasteiger charge is -2.07. The van der Waals surface area contributed by atoms with Crippen molar-refractivity contribution in [2.24, 2.45) is 0 Å². The Kier molecular flexibility index (Phi) is 4.10. The quantitative estimate of drug-likeness (QED) is 0.732. The summed E-state index contributed by atoms with van der Waals surface area (Å²) in [5, 5.41) is 12.7. The molecular formula is C17H19N5O2. The van der Waals surface area contributed by atoms with Gasteiger partial charge in [0.1, 0.15) is 0 Å². The van der Waals surface area contributed by atoms with Crippen LogP contribution in [0.5, 0.6) is 0 Å². The molecule has 124 valence electrons. The van der Waals surface area contributed by atoms with E-state index in [1.54, 1.807) is 4.68 Å². The normalized spacial score (nSPS) is 17.6. The van der Waals surface area contributed by atoms with Gasteiger partial charge in [0.25, 0.3) is 5.56 Å². The average Bonchev–Trinajstić information content (AvgIpc) is 3.25. The molecule has 3 aromatic rings. The number of benzene rings is 1. The highest BCUT2D eigenvalue weighted by Crippen LogP contribution is 2.11. The van der Waals surface area contributed by atoms with Gasteiger partial charge >= 0.3 is 0 Å². The van der Waals surface area contributed by atoms with Crippen LogP contribution in [0.15, 0.2) is 41.3 Å². The summed E-state index contributed by atoms with van der Waals surface area (Å²) in [6.45, 7) is 2.62. The topological polar surface area (TPSA) is 84.8 Å². The molecule has 0 saturated carbocycles. The number of hydrogen-bond acceptors (Lipinski definition) is 5. The van der Waals surface area contributed by atoms with Crippen LogP contribution in [-0.2, 0) is 17.8 Å². The number of nitrogens with zero attached hydrogens (tertiary/aromatic N) is 3. The molecule has 0 amide bonds. The van der Waals surface area contributed by atoms with Crippen molar-refractivity contribution in [3.63, 3.8) is 0 Å². The van der Waals surface area contributed by atoms with E-state index in [0.29, 0.717) is 24.7 Å². The maximum atomic E-state index is 12.2. The highest BCUT2D eigenvalue weighted by Gasteiger charge is 2.15. The van der Waals surface area contributed by atoms with E-state index in [9.17, 15) is 4.79 Å². The molecule has 2 aromatic heterocycles. The number of pyridine rings is 1. The Bertz CT molecular complexity index is 895. The molecule has 4 rings (SSSR count). The van der Waals surface area contributed by atoms with Gasteiger partial charge in [-0.2, -0.15) is 0 Å². The van der Waals surface area contributed by atoms with Crippen LogP contribution in [-0.4, -0.2) is 39.2 Å². The third-order valence-corrected chi connectivity index (χ3v) is 4.25. The van der Waals surface area contributed by atoms with Crippen LogP contribution in [0.4, 0.5) is 0 Å². The first-order valence-corrected chi connectivity index (χ1v) is 8.09. The van der Waals surface area contributed by atoms with Crippen molar-refractivity contribution in [2.75, 3.05) is 13.2 Å². The number of para-hydroxylation sites is 1. The van der Waals surface area contributed by atoms with Crippen molar-refractivity contribution >= 4 is 10.9 Å². The van der Waals surface area contributed by atoms with E-state index in [-0.39, 0.29) is 5.56 Å². The largest absolute Gasteiger partial charge is 0.380 e. The van der Waals surface area contributed by atoms with Gasteiger partial charge in [0.15, 0.2) is 0 Å². The summed E-state index contributed by atoms with van der Waals surface area (Å²) < 4.78 is 7.03. The summed E-state index contributed by atoms with van der Waals surface area (Å²) in [5.74, 6) is 0. The number of nitrogens with one attached hydrogen (secondary N) is 2. The van der Waals surface area contributed by atoms with Crippen molar-refractivity contribution in [1.29, 1.82) is 0 Å². The second-order valence-electron chi connectivity index (χ2n) is 6.06. The fourth-order valence-corrected chi connectivity index (χ4v) is 2.93. The molecule has 3 heterocycles. The Labute approximate surface area is 138 Å². The number of H-pyrrole nitrogens is 1. The molecule has 1 unspecified atom stereocenters. The second-order valence-corrected chi connectivity index (χ2v) is 6.06. The Morgan fingerprint density at radius 3 is 3.17 bits per heavy atom. The van der Waals surface area contributed by atoms with E-state index in [4.69, 9.17) is 4.74 Å². The molecule has 1 saturated heterocycles. The van der Waals surface area contributed by atoms with Gasteiger partial charge in [0.2, 0.25) is 0 Å². The van der Waals surface area contributed by atoms with Gasteiger partial charge in [-0.25, -0.2) is 4.68 Å². The van der Waals surface area contributed by atoms with Gasteiger partial charge in [-0.1, -0.05) is 23.4 Å². The summed E-state index contributed by atoms with van der Waals surface area (Å²) in [5.41, 5.74) is 2.28. The van der Waals surface area contributed by atoms with Gasteiger partial charge < -0.3 is 15.0 Å². The molecule has 7 nitrogen and oxygen atoms in total. The van der Waals surface area contributed by atoms with Crippen LogP contribution in [0.1, 0.15) is 17.7 Å². The second kappa shape index (κ2) is 6.54. The van der Waals surface area contributed by atoms with E-state index >= 15 is 0 Å². The van der Waals surface area contributed by atoms with E-state index < -0.39 is 0 Å². The maximum absolute atomic E-state index is 12.2. The first kappa shape index (κ1) is 15.0. The number of hydrogen-bond donors (Lipinski definition) is 2. The van der Waals surface area contributed by atoms with Crippen LogP contribution in [0, 0.1) is 0 Å². The van der Waals surface area contributed by atoms with Crippen LogP contribution >= 0.6 is 0 Å². The molecule has 1 aromatic carbocycles. The molecule has 0 radical (unpaired) electrons. The van der Waals surface area contributed by atoms with Crippen LogP contribution in [0.3, 0.4) is 0 Å². The van der Waals surface area contributed by atoms with Crippen molar-refractivity contribution in [1.82, 2.24) is 25.3 Å². The smallest absolute Gasteiger partial charge is 0.253 e. The minimum Gasteiger partial charge on any atom is -0.380 e. The molecule has 0 bridgehead atoms. The molecule has 1 fully saturated rings. The minimum absolute atomic E-state index is 0.0908. The minimum atomic E-state index is -0.0908. The predicted octanol–water partition coefficient (Wildman–Crippen LogP) is 1.05. The average molecular weight is 325 g/mol. The SMILES string of the molecule is O=c1[nH]c2ccccc2cc1Cn1cc(CNC2CCOC2)nn1. The Morgan fingerprint density at radius 1 is 1.38 bits per heavy atom. The van der Waals surface area contributed by atoms with Crippen LogP contribution in [0.25, 0.3) is 10.9 Å². The lowest BCUT2D eigenvalue weighted by molar-refractivity contribution is 0.189. The summed E-state index contributed by atoms with van der Waals surface area (Å²) in [4.78, 5) is 15.1. The number of aromatic nitrogens is 4. The third-order valence-electron chi connectivity index (χ3n) is 4.25. The zero-order chi connectivity index (χ0) is 16.4. The zero-order valence-electron chi connectivity index (χ0n) is 13.2. The lowest BCUT2D eigenvalue weighted by Crippen LogP contribution is -2.28. The molecule has 1 atom stereocenters. The van der Waals surface area contributed by atoms with Crippen molar-refractivity contribution < 1.29 is 4.74 Å². The summed E-state index contributed by atoms with van der Waals surface area (Å²) in [7, 11) is 0. The number of ether oxygens (including phenoxy) is 1. The molecule has 7 heteroatoms. The monoisotopic (exact) mass is 325 g/mol. The summed E-state index contributed by atoms with van der Waals surface area (Å²) in [6.07, 6.45) is 2.90. The van der Waals surface area contributed by atoms with Gasteiger partial charge in [-0.3, -0.25) is 4.79 Å². The van der Waals surface area contributed by atoms with E-state index in [0.717, 1.165) is 36.2 Å². The first-order valence-electron chi connectivity index (χ1n) is 8.09. The van der Waals surface area contributed by atoms with Gasteiger partial charge in [0, 0.05) is 30.3 Å². The predicted molar refractivity (Wildman–Crippen MR) is 89.8 cm³/mol. The summed E-state index contributed by atoms with van der Waals surface area (Å²) in [6, 6.07) is 10.0. The number of fused-ring (bicyclic) bond motifs is 1. The Hall–Kier alpha value is -2.51. The fourth-order valence-electron chi connectivity index (χ4n) is 2.93. The van der Waals surface area contributed by atoms with Crippen LogP contribution in [0.2, 0.25) is 0 Å². The van der Waals surface area contributed by atoms with Crippen LogP contribution < -0.4 is 10.9 Å². The zero-order valence-corrected chi connectivity index (χ0v) is 13.2.